The maximum absolute atomic E-state index is 11.9. The molecule has 0 bridgehead atoms. The van der Waals surface area contributed by atoms with E-state index in [1.807, 2.05) is 0 Å². The molecule has 0 saturated heterocycles. The van der Waals surface area contributed by atoms with Crippen LogP contribution in [-0.4, -0.2) is 38.0 Å². The Morgan fingerprint density at radius 2 is 2.20 bits per heavy atom. The molecule has 0 unspecified atom stereocenters. The smallest absolute Gasteiger partial charge is 0.326 e. The number of aliphatic carboxylic acids is 1. The minimum atomic E-state index is -1.11. The normalized spacial score (nSPS) is 11.8. The molecule has 2 rings (SSSR count). The molecule has 7 nitrogen and oxygen atoms in total. The lowest BCUT2D eigenvalue weighted by Gasteiger charge is -2.13. The van der Waals surface area contributed by atoms with Crippen LogP contribution in [0, 0.1) is 0 Å². The van der Waals surface area contributed by atoms with Gasteiger partial charge in [-0.1, -0.05) is 0 Å². The monoisotopic (exact) mass is 338 g/mol. The van der Waals surface area contributed by atoms with E-state index in [0.717, 1.165) is 0 Å². The van der Waals surface area contributed by atoms with Crippen LogP contribution in [0.15, 0.2) is 35.5 Å². The number of aromatic nitrogens is 3. The number of carboxylic acids is 1. The molecule has 0 aliphatic carbocycles. The summed E-state index contributed by atoms with van der Waals surface area (Å²) in [6.45, 7) is 0. The van der Waals surface area contributed by atoms with Crippen LogP contribution >= 0.6 is 15.9 Å². The quantitative estimate of drug-likeness (QED) is 0.704. The summed E-state index contributed by atoms with van der Waals surface area (Å²) in [5.41, 5.74) is 0.927. The van der Waals surface area contributed by atoms with E-state index in [4.69, 9.17) is 5.11 Å². The van der Waals surface area contributed by atoms with Gasteiger partial charge in [0.1, 0.15) is 10.6 Å². The summed E-state index contributed by atoms with van der Waals surface area (Å²) in [7, 11) is 0. The number of hydrogen-bond donors (Lipinski definition) is 3. The summed E-state index contributed by atoms with van der Waals surface area (Å²) < 4.78 is 0.598. The first-order valence-electron chi connectivity index (χ1n) is 5.68. The predicted molar refractivity (Wildman–Crippen MR) is 73.1 cm³/mol. The summed E-state index contributed by atoms with van der Waals surface area (Å²) in [4.78, 5) is 33.6. The van der Waals surface area contributed by atoms with Gasteiger partial charge in [-0.25, -0.2) is 14.8 Å². The second kappa shape index (κ2) is 6.29. The van der Waals surface area contributed by atoms with Crippen molar-refractivity contribution < 1.29 is 14.7 Å². The molecule has 0 aromatic carbocycles. The third-order valence-electron chi connectivity index (χ3n) is 2.57. The molecule has 104 valence electrons. The Balaban J connectivity index is 2.06. The van der Waals surface area contributed by atoms with Crippen molar-refractivity contribution in [3.63, 3.8) is 0 Å². The highest BCUT2D eigenvalue weighted by atomic mass is 79.9. The summed E-state index contributed by atoms with van der Waals surface area (Å²) in [6.07, 6.45) is 4.47. The largest absolute Gasteiger partial charge is 0.480 e. The fraction of sp³-hybridized carbons (Fsp3) is 0.167. The van der Waals surface area contributed by atoms with Gasteiger partial charge in [0.15, 0.2) is 0 Å². The molecule has 20 heavy (non-hydrogen) atoms. The van der Waals surface area contributed by atoms with Gasteiger partial charge in [-0.2, -0.15) is 0 Å². The number of hydrogen-bond acceptors (Lipinski definition) is 4. The molecule has 8 heteroatoms. The number of carboxylic acid groups (broad SMARTS) is 1. The molecular formula is C12H11BrN4O3. The molecule has 2 aromatic heterocycles. The fourth-order valence-corrected chi connectivity index (χ4v) is 1.80. The van der Waals surface area contributed by atoms with Crippen LogP contribution in [0.2, 0.25) is 0 Å². The number of amides is 1. The van der Waals surface area contributed by atoms with Crippen LogP contribution in [0.3, 0.4) is 0 Å². The molecule has 1 atom stereocenters. The number of H-pyrrole nitrogens is 1. The lowest BCUT2D eigenvalue weighted by Crippen LogP contribution is -2.42. The summed E-state index contributed by atoms with van der Waals surface area (Å²) in [6, 6.07) is 2.13. The van der Waals surface area contributed by atoms with Crippen LogP contribution in [-0.2, 0) is 11.2 Å². The number of halogens is 1. The third kappa shape index (κ3) is 3.64. The van der Waals surface area contributed by atoms with Crippen LogP contribution in [0.1, 0.15) is 16.1 Å². The SMILES string of the molecule is O=C(N[C@H](Cc1cnc[nH]1)C(=O)O)c1ccc(Br)nc1. The van der Waals surface area contributed by atoms with E-state index in [0.29, 0.717) is 15.9 Å². The van der Waals surface area contributed by atoms with Gasteiger partial charge in [-0.3, -0.25) is 4.79 Å². The lowest BCUT2D eigenvalue weighted by molar-refractivity contribution is -0.139. The van der Waals surface area contributed by atoms with E-state index in [1.54, 1.807) is 12.1 Å². The highest BCUT2D eigenvalue weighted by Crippen LogP contribution is 2.07. The second-order valence-corrected chi connectivity index (χ2v) is 4.83. The van der Waals surface area contributed by atoms with Crippen molar-refractivity contribution in [1.82, 2.24) is 20.3 Å². The average molecular weight is 339 g/mol. The van der Waals surface area contributed by atoms with Gasteiger partial charge in [0.2, 0.25) is 0 Å². The zero-order valence-corrected chi connectivity index (χ0v) is 11.8. The van der Waals surface area contributed by atoms with Crippen molar-refractivity contribution in [2.24, 2.45) is 0 Å². The average Bonchev–Trinajstić information content (AvgIpc) is 2.91. The highest BCUT2D eigenvalue weighted by molar-refractivity contribution is 9.10. The number of pyridine rings is 1. The van der Waals surface area contributed by atoms with Crippen molar-refractivity contribution in [3.8, 4) is 0 Å². The van der Waals surface area contributed by atoms with E-state index in [1.165, 1.54) is 18.7 Å². The van der Waals surface area contributed by atoms with Crippen LogP contribution in [0.25, 0.3) is 0 Å². The Morgan fingerprint density at radius 1 is 1.40 bits per heavy atom. The number of nitrogens with zero attached hydrogens (tertiary/aromatic N) is 2. The van der Waals surface area contributed by atoms with Gasteiger partial charge in [0.05, 0.1) is 11.9 Å². The maximum Gasteiger partial charge on any atom is 0.326 e. The Morgan fingerprint density at radius 3 is 2.75 bits per heavy atom. The molecule has 0 aliphatic heterocycles. The van der Waals surface area contributed by atoms with E-state index in [9.17, 15) is 9.59 Å². The molecule has 0 saturated carbocycles. The number of nitrogens with one attached hydrogen (secondary N) is 2. The van der Waals surface area contributed by atoms with E-state index in [-0.39, 0.29) is 6.42 Å². The fourth-order valence-electron chi connectivity index (χ4n) is 1.57. The van der Waals surface area contributed by atoms with Gasteiger partial charge in [-0.15, -0.1) is 0 Å². The van der Waals surface area contributed by atoms with Crippen molar-refractivity contribution in [2.75, 3.05) is 0 Å². The first-order chi connectivity index (χ1) is 9.56. The Labute approximate surface area is 122 Å². The van der Waals surface area contributed by atoms with Crippen LogP contribution in [0.4, 0.5) is 0 Å². The van der Waals surface area contributed by atoms with Crippen LogP contribution < -0.4 is 5.32 Å². The minimum absolute atomic E-state index is 0.130. The van der Waals surface area contributed by atoms with Gasteiger partial charge in [0, 0.05) is 24.5 Å². The first-order valence-corrected chi connectivity index (χ1v) is 6.48. The maximum atomic E-state index is 11.9. The molecule has 0 fully saturated rings. The predicted octanol–water partition coefficient (Wildman–Crippen LogP) is 0.993. The molecule has 3 N–H and O–H groups in total. The lowest BCUT2D eigenvalue weighted by atomic mass is 10.1. The summed E-state index contributed by atoms with van der Waals surface area (Å²) in [5.74, 6) is -1.60. The first kappa shape index (κ1) is 14.2. The van der Waals surface area contributed by atoms with Gasteiger partial charge in [-0.05, 0) is 28.1 Å². The van der Waals surface area contributed by atoms with Crippen LogP contribution in [0.5, 0.6) is 0 Å². The number of carbonyl (C=O) groups excluding carboxylic acids is 1. The number of imidazole rings is 1. The van der Waals surface area contributed by atoms with Crippen molar-refractivity contribution in [2.45, 2.75) is 12.5 Å². The number of carbonyl (C=O) groups is 2. The van der Waals surface area contributed by atoms with Gasteiger partial charge < -0.3 is 15.4 Å². The molecule has 1 amide bonds. The zero-order valence-electron chi connectivity index (χ0n) is 10.2. The van der Waals surface area contributed by atoms with E-state index < -0.39 is 17.9 Å². The third-order valence-corrected chi connectivity index (χ3v) is 3.04. The molecule has 2 heterocycles. The Bertz CT molecular complexity index is 598. The second-order valence-electron chi connectivity index (χ2n) is 4.01. The molecule has 0 spiro atoms. The Hall–Kier alpha value is -2.22. The number of rotatable bonds is 5. The summed E-state index contributed by atoms with van der Waals surface area (Å²) in [5, 5.41) is 11.6. The topological polar surface area (TPSA) is 108 Å². The van der Waals surface area contributed by atoms with Gasteiger partial charge in [0.25, 0.3) is 5.91 Å². The molecule has 2 aromatic rings. The molecular weight excluding hydrogens is 328 g/mol. The summed E-state index contributed by atoms with van der Waals surface area (Å²) >= 11 is 3.16. The van der Waals surface area contributed by atoms with Crippen molar-refractivity contribution in [3.05, 3.63) is 46.7 Å². The Kier molecular flexibility index (Phi) is 4.46. The zero-order chi connectivity index (χ0) is 14.5. The highest BCUT2D eigenvalue weighted by Gasteiger charge is 2.21. The van der Waals surface area contributed by atoms with E-state index >= 15 is 0 Å². The van der Waals surface area contributed by atoms with Crippen molar-refractivity contribution >= 4 is 27.8 Å². The van der Waals surface area contributed by atoms with E-state index in [2.05, 4.69) is 36.2 Å². The van der Waals surface area contributed by atoms with Crippen molar-refractivity contribution in [1.29, 1.82) is 0 Å². The molecule has 0 radical (unpaired) electrons. The molecule has 0 aliphatic rings. The standard InChI is InChI=1S/C12H11BrN4O3/c13-10-2-1-7(4-15-10)11(18)17-9(12(19)20)3-8-5-14-6-16-8/h1-2,4-6,9H,3H2,(H,14,16)(H,17,18)(H,19,20)/t9-/m1/s1. The minimum Gasteiger partial charge on any atom is -0.480 e. The number of aromatic amines is 1. The van der Waals surface area contributed by atoms with Gasteiger partial charge >= 0.3 is 5.97 Å².